The lowest BCUT2D eigenvalue weighted by Crippen LogP contribution is -2.02. The van der Waals surface area contributed by atoms with Gasteiger partial charge in [0.15, 0.2) is 0 Å². The number of rotatable bonds is 1. The molecule has 0 saturated heterocycles. The predicted octanol–water partition coefficient (Wildman–Crippen LogP) is 2.61. The summed E-state index contributed by atoms with van der Waals surface area (Å²) < 4.78 is 0. The Labute approximate surface area is 60.6 Å². The van der Waals surface area contributed by atoms with E-state index in [1.165, 1.54) is 0 Å². The topological polar surface area (TPSA) is 0 Å². The van der Waals surface area contributed by atoms with Crippen LogP contribution >= 0.6 is 0 Å². The summed E-state index contributed by atoms with van der Waals surface area (Å²) in [5.74, 6) is 0. The Bertz CT molecular complexity index is 95.6. The molecule has 54 valence electrons. The maximum atomic E-state index is 2.39. The minimum absolute atomic E-state index is 0.386. The Hall–Kier alpha value is -0.0431. The van der Waals surface area contributed by atoms with Crippen LogP contribution in [0.4, 0.5) is 0 Å². The van der Waals surface area contributed by atoms with Gasteiger partial charge in [0.25, 0.3) is 0 Å². The van der Waals surface area contributed by atoms with Crippen molar-refractivity contribution in [1.82, 2.24) is 0 Å². The van der Waals surface area contributed by atoms with Crippen molar-refractivity contribution in [1.29, 1.82) is 0 Å². The zero-order chi connectivity index (χ0) is 7.49. The van der Waals surface area contributed by atoms with Crippen molar-refractivity contribution < 1.29 is 0 Å². The normalized spacial score (nSPS) is 13.6. The van der Waals surface area contributed by atoms with E-state index in [9.17, 15) is 0 Å². The first-order chi connectivity index (χ1) is 3.92. The summed E-state index contributed by atoms with van der Waals surface area (Å²) >= 11 is 0. The summed E-state index contributed by atoms with van der Waals surface area (Å²) in [6, 6.07) is 0. The molecule has 0 N–H and O–H groups in total. The molecule has 0 aromatic heterocycles. The van der Waals surface area contributed by atoms with Gasteiger partial charge in [-0.05, 0) is 5.41 Å². The van der Waals surface area contributed by atoms with E-state index in [2.05, 4.69) is 45.6 Å². The van der Waals surface area contributed by atoms with E-state index in [0.29, 0.717) is 5.41 Å². The van der Waals surface area contributed by atoms with Gasteiger partial charge in [0.2, 0.25) is 0 Å². The molecular formula is C8H18Si. The van der Waals surface area contributed by atoms with Gasteiger partial charge in [0, 0.05) is 0 Å². The highest BCUT2D eigenvalue weighted by molar-refractivity contribution is 6.61. The molecule has 0 nitrogen and oxygen atoms in total. The summed E-state index contributed by atoms with van der Waals surface area (Å²) in [5, 5.41) is 0. The van der Waals surface area contributed by atoms with Crippen molar-refractivity contribution in [2.24, 2.45) is 5.41 Å². The average Bonchev–Trinajstić information content (AvgIpc) is 1.59. The molecule has 0 aliphatic rings. The first-order valence-electron chi connectivity index (χ1n) is 3.61. The molecule has 1 heteroatoms. The molecule has 0 aliphatic heterocycles. The smallest absolute Gasteiger partial charge is 0.0550 e. The van der Waals surface area contributed by atoms with Crippen LogP contribution in [-0.2, 0) is 0 Å². The van der Waals surface area contributed by atoms with Crippen molar-refractivity contribution in [3.8, 4) is 0 Å². The third-order valence-corrected chi connectivity index (χ3v) is 1.94. The van der Waals surface area contributed by atoms with Gasteiger partial charge in [-0.25, -0.2) is 0 Å². The van der Waals surface area contributed by atoms with Crippen molar-refractivity contribution >= 4 is 8.80 Å². The standard InChI is InChI=1S/C8H18Si/c1-8(2,3)6-7-9(4)5/h6-7,9H,1-5H3/b7-6+. The molecule has 0 spiro atoms. The lowest BCUT2D eigenvalue weighted by Gasteiger charge is -2.11. The Morgan fingerprint density at radius 1 is 1.11 bits per heavy atom. The van der Waals surface area contributed by atoms with Gasteiger partial charge in [-0.2, -0.15) is 0 Å². The SMILES string of the molecule is C[SiH](C)/C=C/C(C)(C)C. The lowest BCUT2D eigenvalue weighted by atomic mass is 9.98. The molecule has 0 bridgehead atoms. The third-order valence-electron chi connectivity index (χ3n) is 0.981. The predicted molar refractivity (Wildman–Crippen MR) is 47.5 cm³/mol. The molecule has 0 aromatic rings. The summed E-state index contributed by atoms with van der Waals surface area (Å²) in [5.41, 5.74) is 2.78. The number of hydrogen-bond acceptors (Lipinski definition) is 0. The lowest BCUT2D eigenvalue weighted by molar-refractivity contribution is 0.545. The monoisotopic (exact) mass is 142 g/mol. The molecule has 0 atom stereocenters. The first-order valence-corrected chi connectivity index (χ1v) is 6.59. The zero-order valence-electron chi connectivity index (χ0n) is 7.23. The van der Waals surface area contributed by atoms with Crippen LogP contribution in [0.5, 0.6) is 0 Å². The number of hydrogen-bond donors (Lipinski definition) is 0. The third kappa shape index (κ3) is 7.96. The maximum absolute atomic E-state index is 2.39. The molecule has 0 aliphatic carbocycles. The fourth-order valence-corrected chi connectivity index (χ4v) is 1.44. The molecule has 0 amide bonds. The van der Waals surface area contributed by atoms with Gasteiger partial charge in [0.05, 0.1) is 8.80 Å². The second kappa shape index (κ2) is 3.21. The summed E-state index contributed by atoms with van der Waals surface area (Å²) in [6.45, 7) is 11.4. The summed E-state index contributed by atoms with van der Waals surface area (Å²) in [4.78, 5) is 0. The Kier molecular flexibility index (Phi) is 3.19. The largest absolute Gasteiger partial charge is 0.102 e. The summed E-state index contributed by atoms with van der Waals surface area (Å²) in [7, 11) is -0.451. The molecule has 0 fully saturated rings. The average molecular weight is 142 g/mol. The van der Waals surface area contributed by atoms with E-state index in [0.717, 1.165) is 0 Å². The minimum atomic E-state index is -0.451. The molecule has 9 heavy (non-hydrogen) atoms. The molecule has 0 heterocycles. The fourth-order valence-electron chi connectivity index (χ4n) is 0.481. The van der Waals surface area contributed by atoms with Gasteiger partial charge in [-0.15, -0.1) is 5.70 Å². The molecule has 0 rings (SSSR count). The van der Waals surface area contributed by atoms with E-state index in [1.807, 2.05) is 0 Å². The van der Waals surface area contributed by atoms with Gasteiger partial charge < -0.3 is 0 Å². The van der Waals surface area contributed by atoms with E-state index in [-0.39, 0.29) is 0 Å². The Morgan fingerprint density at radius 2 is 1.56 bits per heavy atom. The van der Waals surface area contributed by atoms with Crippen LogP contribution in [0.25, 0.3) is 0 Å². The summed E-state index contributed by atoms with van der Waals surface area (Å²) in [6.07, 6.45) is 2.32. The molecule has 0 saturated carbocycles. The van der Waals surface area contributed by atoms with Gasteiger partial charge in [-0.1, -0.05) is 39.9 Å². The molecule has 0 aromatic carbocycles. The highest BCUT2D eigenvalue weighted by Gasteiger charge is 2.03. The minimum Gasteiger partial charge on any atom is -0.102 e. The second-order valence-electron chi connectivity index (χ2n) is 3.97. The van der Waals surface area contributed by atoms with Crippen LogP contribution in [0.2, 0.25) is 13.1 Å². The molecule has 0 radical (unpaired) electrons. The van der Waals surface area contributed by atoms with Crippen molar-refractivity contribution in [2.45, 2.75) is 33.9 Å². The van der Waals surface area contributed by atoms with Gasteiger partial charge in [-0.3, -0.25) is 0 Å². The van der Waals surface area contributed by atoms with Crippen molar-refractivity contribution in [2.75, 3.05) is 0 Å². The second-order valence-corrected chi connectivity index (χ2v) is 6.84. The van der Waals surface area contributed by atoms with Crippen LogP contribution in [0.1, 0.15) is 20.8 Å². The van der Waals surface area contributed by atoms with Crippen LogP contribution in [-0.4, -0.2) is 8.80 Å². The Morgan fingerprint density at radius 3 is 1.67 bits per heavy atom. The van der Waals surface area contributed by atoms with Gasteiger partial charge in [0.1, 0.15) is 0 Å². The highest BCUT2D eigenvalue weighted by atomic mass is 28.3. The van der Waals surface area contributed by atoms with E-state index >= 15 is 0 Å². The van der Waals surface area contributed by atoms with Crippen molar-refractivity contribution in [3.05, 3.63) is 11.8 Å². The van der Waals surface area contributed by atoms with Gasteiger partial charge >= 0.3 is 0 Å². The fraction of sp³-hybridized carbons (Fsp3) is 0.750. The van der Waals surface area contributed by atoms with Crippen LogP contribution in [0.15, 0.2) is 11.8 Å². The highest BCUT2D eigenvalue weighted by Crippen LogP contribution is 2.14. The zero-order valence-corrected chi connectivity index (χ0v) is 8.39. The van der Waals surface area contributed by atoms with Crippen LogP contribution in [0.3, 0.4) is 0 Å². The van der Waals surface area contributed by atoms with Crippen LogP contribution in [0, 0.1) is 5.41 Å². The van der Waals surface area contributed by atoms with E-state index in [1.54, 1.807) is 0 Å². The van der Waals surface area contributed by atoms with E-state index in [4.69, 9.17) is 0 Å². The molecule has 0 unspecified atom stereocenters. The first kappa shape index (κ1) is 8.96. The van der Waals surface area contributed by atoms with Crippen molar-refractivity contribution in [3.63, 3.8) is 0 Å². The molecular weight excluding hydrogens is 124 g/mol. The van der Waals surface area contributed by atoms with Crippen LogP contribution < -0.4 is 0 Å². The van der Waals surface area contributed by atoms with E-state index < -0.39 is 8.80 Å². The maximum Gasteiger partial charge on any atom is 0.0550 e. The Balaban J connectivity index is 3.71. The quantitative estimate of drug-likeness (QED) is 0.494. The number of allylic oxidation sites excluding steroid dienone is 1.